The summed E-state index contributed by atoms with van der Waals surface area (Å²) in [4.78, 5) is 11.9. The first-order chi connectivity index (χ1) is 11.1. The number of nitrogens with one attached hydrogen (secondary N) is 3. The summed E-state index contributed by atoms with van der Waals surface area (Å²) in [5.41, 5.74) is 1.53. The van der Waals surface area contributed by atoms with Crippen LogP contribution in [-0.4, -0.2) is 26.5 Å². The molecule has 2 aromatic rings. The molecule has 0 bridgehead atoms. The summed E-state index contributed by atoms with van der Waals surface area (Å²) in [5.74, 6) is 0.414. The highest BCUT2D eigenvalue weighted by Gasteiger charge is 2.09. The van der Waals surface area contributed by atoms with Gasteiger partial charge in [0, 0.05) is 12.6 Å². The van der Waals surface area contributed by atoms with Crippen molar-refractivity contribution >= 4 is 22.9 Å². The minimum absolute atomic E-state index is 0.0584. The van der Waals surface area contributed by atoms with Gasteiger partial charge in [-0.25, -0.2) is 0 Å². The number of rotatable bonds is 6. The van der Waals surface area contributed by atoms with Crippen molar-refractivity contribution in [2.75, 3.05) is 10.6 Å². The second kappa shape index (κ2) is 7.70. The van der Waals surface area contributed by atoms with Gasteiger partial charge < -0.3 is 10.6 Å². The minimum atomic E-state index is -0.0584. The Morgan fingerprint density at radius 3 is 2.74 bits per heavy atom. The van der Waals surface area contributed by atoms with E-state index in [-0.39, 0.29) is 23.2 Å². The summed E-state index contributed by atoms with van der Waals surface area (Å²) in [6, 6.07) is 9.22. The predicted octanol–water partition coefficient (Wildman–Crippen LogP) is 2.16. The summed E-state index contributed by atoms with van der Waals surface area (Å²) < 4.78 is 0. The van der Waals surface area contributed by atoms with E-state index in [0.717, 1.165) is 0 Å². The molecule has 118 valence electrons. The molecule has 8 nitrogen and oxygen atoms in total. The van der Waals surface area contributed by atoms with Crippen LogP contribution in [0.1, 0.15) is 26.1 Å². The molecule has 0 aliphatic rings. The van der Waals surface area contributed by atoms with Crippen molar-refractivity contribution in [3.05, 3.63) is 36.3 Å². The van der Waals surface area contributed by atoms with E-state index in [1.165, 1.54) is 6.20 Å². The van der Waals surface area contributed by atoms with Gasteiger partial charge in [-0.1, -0.05) is 26.0 Å². The van der Waals surface area contributed by atoms with Crippen molar-refractivity contribution in [3.8, 4) is 6.07 Å². The number of nitriles is 1. The molecule has 0 saturated heterocycles. The fourth-order valence-corrected chi connectivity index (χ4v) is 1.86. The number of aromatic nitrogens is 4. The van der Waals surface area contributed by atoms with E-state index in [4.69, 9.17) is 5.26 Å². The maximum atomic E-state index is 11.9. The largest absolute Gasteiger partial charge is 0.359 e. The van der Waals surface area contributed by atoms with Crippen molar-refractivity contribution in [1.29, 1.82) is 5.26 Å². The normalized spacial score (nSPS) is 11.1. The smallest absolute Gasteiger partial charge is 0.224 e. The summed E-state index contributed by atoms with van der Waals surface area (Å²) in [6.45, 7) is 3.97. The van der Waals surface area contributed by atoms with Crippen LogP contribution >= 0.6 is 0 Å². The molecule has 8 heteroatoms. The summed E-state index contributed by atoms with van der Waals surface area (Å²) in [7, 11) is 0. The van der Waals surface area contributed by atoms with Crippen molar-refractivity contribution in [2.24, 2.45) is 5.92 Å². The highest BCUT2D eigenvalue weighted by Crippen LogP contribution is 2.22. The standard InChI is InChI=1S/C15H17N7O/c1-10(2)7-14(23)18-13-6-4-3-5-12(13)17-9-11(8-16)15-19-21-22-20-15/h3-6,9-10,17H,7H2,1-2H3,(H,18,23)(H,19,20,21,22). The van der Waals surface area contributed by atoms with Crippen LogP contribution in [0.4, 0.5) is 11.4 Å². The van der Waals surface area contributed by atoms with Gasteiger partial charge >= 0.3 is 0 Å². The number of nitrogens with zero attached hydrogens (tertiary/aromatic N) is 4. The highest BCUT2D eigenvalue weighted by atomic mass is 16.1. The first kappa shape index (κ1) is 16.2. The molecule has 0 fully saturated rings. The number of carbonyl (C=O) groups is 1. The third-order valence-corrected chi connectivity index (χ3v) is 2.87. The van der Waals surface area contributed by atoms with Gasteiger partial charge in [0.1, 0.15) is 11.6 Å². The van der Waals surface area contributed by atoms with E-state index in [0.29, 0.717) is 17.8 Å². The Kier molecular flexibility index (Phi) is 5.41. The topological polar surface area (TPSA) is 119 Å². The fourth-order valence-electron chi connectivity index (χ4n) is 1.86. The SMILES string of the molecule is CC(C)CC(=O)Nc1ccccc1NC=C(C#N)c1nn[nH]n1. The van der Waals surface area contributed by atoms with Gasteiger partial charge in [-0.2, -0.15) is 10.5 Å². The maximum Gasteiger partial charge on any atom is 0.224 e. The maximum absolute atomic E-state index is 11.9. The number of allylic oxidation sites excluding steroid dienone is 1. The molecule has 1 heterocycles. The van der Waals surface area contributed by atoms with Crippen LogP contribution in [0, 0.1) is 17.2 Å². The Balaban J connectivity index is 2.14. The van der Waals surface area contributed by atoms with Gasteiger partial charge in [0.25, 0.3) is 0 Å². The molecule has 0 saturated carbocycles. The van der Waals surface area contributed by atoms with Crippen LogP contribution in [0.15, 0.2) is 30.5 Å². The average molecular weight is 311 g/mol. The summed E-state index contributed by atoms with van der Waals surface area (Å²) in [5, 5.41) is 28.2. The molecule has 0 aliphatic heterocycles. The lowest BCUT2D eigenvalue weighted by Gasteiger charge is -2.12. The second-order valence-electron chi connectivity index (χ2n) is 5.24. The first-order valence-electron chi connectivity index (χ1n) is 7.09. The van der Waals surface area contributed by atoms with Crippen LogP contribution in [0.25, 0.3) is 5.57 Å². The number of tetrazole rings is 1. The first-order valence-corrected chi connectivity index (χ1v) is 7.09. The third-order valence-electron chi connectivity index (χ3n) is 2.87. The molecule has 1 aromatic heterocycles. The molecule has 0 aliphatic carbocycles. The van der Waals surface area contributed by atoms with Crippen LogP contribution in [0.5, 0.6) is 0 Å². The minimum Gasteiger partial charge on any atom is -0.359 e. The molecular formula is C15H17N7O. The van der Waals surface area contributed by atoms with Crippen molar-refractivity contribution in [2.45, 2.75) is 20.3 Å². The quantitative estimate of drug-likeness (QED) is 0.703. The summed E-state index contributed by atoms with van der Waals surface area (Å²) >= 11 is 0. The zero-order valence-electron chi connectivity index (χ0n) is 12.9. The van der Waals surface area contributed by atoms with E-state index < -0.39 is 0 Å². The molecular weight excluding hydrogens is 294 g/mol. The number of anilines is 2. The van der Waals surface area contributed by atoms with Crippen molar-refractivity contribution < 1.29 is 4.79 Å². The third kappa shape index (κ3) is 4.64. The van der Waals surface area contributed by atoms with Gasteiger partial charge in [0.2, 0.25) is 11.7 Å². The van der Waals surface area contributed by atoms with E-state index in [1.54, 1.807) is 12.1 Å². The molecule has 0 radical (unpaired) electrons. The Morgan fingerprint density at radius 1 is 1.39 bits per heavy atom. The van der Waals surface area contributed by atoms with E-state index in [9.17, 15) is 4.79 Å². The van der Waals surface area contributed by atoms with E-state index >= 15 is 0 Å². The van der Waals surface area contributed by atoms with E-state index in [1.807, 2.05) is 32.0 Å². The molecule has 3 N–H and O–H groups in total. The lowest BCUT2D eigenvalue weighted by molar-refractivity contribution is -0.116. The number of hydrogen-bond donors (Lipinski definition) is 3. The molecule has 0 unspecified atom stereocenters. The number of hydrogen-bond acceptors (Lipinski definition) is 6. The Morgan fingerprint density at radius 2 is 2.13 bits per heavy atom. The highest BCUT2D eigenvalue weighted by molar-refractivity contribution is 5.94. The lowest BCUT2D eigenvalue weighted by atomic mass is 10.1. The monoisotopic (exact) mass is 311 g/mol. The van der Waals surface area contributed by atoms with Crippen molar-refractivity contribution in [3.63, 3.8) is 0 Å². The van der Waals surface area contributed by atoms with Crippen LogP contribution in [0.3, 0.4) is 0 Å². The molecule has 2 rings (SSSR count). The number of benzene rings is 1. The molecule has 0 atom stereocenters. The number of aromatic amines is 1. The lowest BCUT2D eigenvalue weighted by Crippen LogP contribution is -2.14. The van der Waals surface area contributed by atoms with Crippen molar-refractivity contribution in [1.82, 2.24) is 20.6 Å². The average Bonchev–Trinajstić information content (AvgIpc) is 3.03. The Hall–Kier alpha value is -3.21. The second-order valence-corrected chi connectivity index (χ2v) is 5.24. The molecule has 23 heavy (non-hydrogen) atoms. The van der Waals surface area contributed by atoms with Gasteiger partial charge in [0.05, 0.1) is 11.4 Å². The van der Waals surface area contributed by atoms with Crippen LogP contribution in [0.2, 0.25) is 0 Å². The van der Waals surface area contributed by atoms with Crippen LogP contribution in [-0.2, 0) is 4.79 Å². The van der Waals surface area contributed by atoms with Gasteiger partial charge in [-0.15, -0.1) is 10.2 Å². The molecule has 1 amide bonds. The fraction of sp³-hybridized carbons (Fsp3) is 0.267. The van der Waals surface area contributed by atoms with Gasteiger partial charge in [-0.3, -0.25) is 4.79 Å². The predicted molar refractivity (Wildman–Crippen MR) is 85.9 cm³/mol. The Bertz CT molecular complexity index is 729. The van der Waals surface area contributed by atoms with E-state index in [2.05, 4.69) is 31.3 Å². The number of carbonyl (C=O) groups excluding carboxylic acids is 1. The molecule has 1 aromatic carbocycles. The number of para-hydroxylation sites is 2. The van der Waals surface area contributed by atoms with Gasteiger partial charge in [-0.05, 0) is 23.3 Å². The van der Waals surface area contributed by atoms with Crippen LogP contribution < -0.4 is 10.6 Å². The zero-order valence-corrected chi connectivity index (χ0v) is 12.9. The zero-order chi connectivity index (χ0) is 16.7. The number of amides is 1. The van der Waals surface area contributed by atoms with Gasteiger partial charge in [0.15, 0.2) is 0 Å². The summed E-state index contributed by atoms with van der Waals surface area (Å²) in [6.07, 6.45) is 1.91. The Labute approximate surface area is 133 Å². The number of H-pyrrole nitrogens is 1. The molecule has 0 spiro atoms.